The maximum Gasteiger partial charge on any atom is 0.0686 e. The van der Waals surface area contributed by atoms with E-state index in [0.29, 0.717) is 5.92 Å². The van der Waals surface area contributed by atoms with Crippen molar-refractivity contribution in [3.8, 4) is 0 Å². The summed E-state index contributed by atoms with van der Waals surface area (Å²) in [7, 11) is 0. The van der Waals surface area contributed by atoms with Gasteiger partial charge in [-0.15, -0.1) is 0 Å². The second-order valence-electron chi connectivity index (χ2n) is 6.67. The molecule has 0 amide bonds. The molecule has 2 fully saturated rings. The van der Waals surface area contributed by atoms with Gasteiger partial charge in [-0.25, -0.2) is 0 Å². The van der Waals surface area contributed by atoms with Gasteiger partial charge >= 0.3 is 0 Å². The highest BCUT2D eigenvalue weighted by Crippen LogP contribution is 2.45. The summed E-state index contributed by atoms with van der Waals surface area (Å²) in [6.07, 6.45) is 7.49. The number of ether oxygens (including phenoxy) is 1. The van der Waals surface area contributed by atoms with E-state index in [4.69, 9.17) is 4.74 Å². The number of hydrogen-bond donors (Lipinski definition) is 1. The zero-order chi connectivity index (χ0) is 14.0. The number of aliphatic hydroxyl groups excluding tert-OH is 1. The second-order valence-corrected chi connectivity index (χ2v) is 6.67. The lowest BCUT2D eigenvalue weighted by Gasteiger charge is -2.48. The van der Waals surface area contributed by atoms with Crippen LogP contribution in [0, 0.1) is 12.8 Å². The van der Waals surface area contributed by atoms with E-state index in [0.717, 1.165) is 32.3 Å². The molecular formula is C18H26O2. The molecule has 2 aliphatic rings. The van der Waals surface area contributed by atoms with Crippen LogP contribution in [-0.4, -0.2) is 23.4 Å². The van der Waals surface area contributed by atoms with Gasteiger partial charge < -0.3 is 9.84 Å². The Balaban J connectivity index is 1.54. The Morgan fingerprint density at radius 1 is 1.35 bits per heavy atom. The number of rotatable bonds is 4. The molecule has 2 atom stereocenters. The van der Waals surface area contributed by atoms with Crippen LogP contribution < -0.4 is 0 Å². The van der Waals surface area contributed by atoms with Gasteiger partial charge in [0.1, 0.15) is 0 Å². The van der Waals surface area contributed by atoms with E-state index in [1.165, 1.54) is 30.4 Å². The Morgan fingerprint density at radius 2 is 2.15 bits per heavy atom. The lowest BCUT2D eigenvalue weighted by atomic mass is 9.70. The average Bonchev–Trinajstić information content (AvgIpc) is 2.44. The molecule has 0 bridgehead atoms. The van der Waals surface area contributed by atoms with Crippen molar-refractivity contribution in [3.63, 3.8) is 0 Å². The van der Waals surface area contributed by atoms with Crippen LogP contribution in [0.1, 0.15) is 49.7 Å². The molecule has 1 saturated carbocycles. The fraction of sp³-hybridized carbons (Fsp3) is 0.667. The van der Waals surface area contributed by atoms with E-state index in [9.17, 15) is 5.11 Å². The Morgan fingerprint density at radius 3 is 2.85 bits per heavy atom. The van der Waals surface area contributed by atoms with E-state index in [1.54, 1.807) is 0 Å². The first kappa shape index (κ1) is 14.1. The van der Waals surface area contributed by atoms with Crippen LogP contribution in [0.5, 0.6) is 0 Å². The summed E-state index contributed by atoms with van der Waals surface area (Å²) >= 11 is 0. The lowest BCUT2D eigenvalue weighted by molar-refractivity contribution is -0.157. The van der Waals surface area contributed by atoms with Crippen LogP contribution in [0.3, 0.4) is 0 Å². The molecule has 2 unspecified atom stereocenters. The SMILES string of the molecule is Cc1ccccc1CCC(O)C1CCOC2(CCC2)C1. The van der Waals surface area contributed by atoms with Crippen molar-refractivity contribution in [2.75, 3.05) is 6.61 Å². The lowest BCUT2D eigenvalue weighted by Crippen LogP contribution is -2.47. The van der Waals surface area contributed by atoms with Crippen LogP contribution in [0.25, 0.3) is 0 Å². The summed E-state index contributed by atoms with van der Waals surface area (Å²) in [4.78, 5) is 0. The minimum absolute atomic E-state index is 0.145. The van der Waals surface area contributed by atoms with Gasteiger partial charge in [0.05, 0.1) is 11.7 Å². The first-order valence-electron chi connectivity index (χ1n) is 8.05. The summed E-state index contributed by atoms with van der Waals surface area (Å²) in [6.45, 7) is 2.99. The van der Waals surface area contributed by atoms with Crippen LogP contribution in [0.4, 0.5) is 0 Å². The van der Waals surface area contributed by atoms with Gasteiger partial charge in [-0.2, -0.15) is 0 Å². The predicted molar refractivity (Wildman–Crippen MR) is 80.8 cm³/mol. The molecule has 3 rings (SSSR count). The summed E-state index contributed by atoms with van der Waals surface area (Å²) in [6, 6.07) is 8.50. The van der Waals surface area contributed by atoms with Crippen LogP contribution in [0.2, 0.25) is 0 Å². The van der Waals surface area contributed by atoms with Crippen molar-refractivity contribution >= 4 is 0 Å². The molecule has 1 heterocycles. The van der Waals surface area contributed by atoms with Gasteiger partial charge in [-0.3, -0.25) is 0 Å². The molecule has 20 heavy (non-hydrogen) atoms. The molecule has 1 aromatic rings. The average molecular weight is 274 g/mol. The molecule has 1 aromatic carbocycles. The van der Waals surface area contributed by atoms with Gasteiger partial charge in [0.25, 0.3) is 0 Å². The van der Waals surface area contributed by atoms with E-state index < -0.39 is 0 Å². The molecule has 0 aromatic heterocycles. The molecule has 1 spiro atoms. The third kappa shape index (κ3) is 2.91. The molecule has 1 N–H and O–H groups in total. The summed E-state index contributed by atoms with van der Waals surface area (Å²) in [5, 5.41) is 10.5. The van der Waals surface area contributed by atoms with E-state index in [2.05, 4.69) is 31.2 Å². The fourth-order valence-corrected chi connectivity index (χ4v) is 3.74. The van der Waals surface area contributed by atoms with Crippen molar-refractivity contribution in [1.29, 1.82) is 0 Å². The van der Waals surface area contributed by atoms with Crippen molar-refractivity contribution in [2.45, 2.75) is 63.6 Å². The first-order chi connectivity index (χ1) is 9.69. The number of benzene rings is 1. The largest absolute Gasteiger partial charge is 0.393 e. The van der Waals surface area contributed by atoms with Crippen LogP contribution in [0.15, 0.2) is 24.3 Å². The summed E-state index contributed by atoms with van der Waals surface area (Å²) < 4.78 is 5.95. The minimum atomic E-state index is -0.170. The maximum atomic E-state index is 10.5. The Labute approximate surface area is 122 Å². The van der Waals surface area contributed by atoms with Crippen LogP contribution in [-0.2, 0) is 11.2 Å². The minimum Gasteiger partial charge on any atom is -0.393 e. The van der Waals surface area contributed by atoms with Gasteiger partial charge in [-0.05, 0) is 68.9 Å². The van der Waals surface area contributed by atoms with E-state index in [-0.39, 0.29) is 11.7 Å². The van der Waals surface area contributed by atoms with Gasteiger partial charge in [0.2, 0.25) is 0 Å². The number of aryl methyl sites for hydroxylation is 2. The standard InChI is InChI=1S/C18H26O2/c1-14-5-2-3-6-15(14)7-8-17(19)16-9-12-20-18(13-16)10-4-11-18/h2-3,5-6,16-17,19H,4,7-13H2,1H3. The van der Waals surface area contributed by atoms with Gasteiger partial charge in [0.15, 0.2) is 0 Å². The predicted octanol–water partition coefficient (Wildman–Crippen LogP) is 3.64. The van der Waals surface area contributed by atoms with Gasteiger partial charge in [-0.1, -0.05) is 24.3 Å². The van der Waals surface area contributed by atoms with Crippen molar-refractivity contribution in [1.82, 2.24) is 0 Å². The third-order valence-corrected chi connectivity index (χ3v) is 5.31. The van der Waals surface area contributed by atoms with Crippen molar-refractivity contribution < 1.29 is 9.84 Å². The zero-order valence-electron chi connectivity index (χ0n) is 12.5. The highest BCUT2D eigenvalue weighted by molar-refractivity contribution is 5.25. The third-order valence-electron chi connectivity index (χ3n) is 5.31. The molecular weight excluding hydrogens is 248 g/mol. The molecule has 110 valence electrons. The molecule has 1 saturated heterocycles. The van der Waals surface area contributed by atoms with Crippen LogP contribution >= 0.6 is 0 Å². The van der Waals surface area contributed by atoms with E-state index >= 15 is 0 Å². The quantitative estimate of drug-likeness (QED) is 0.908. The van der Waals surface area contributed by atoms with Crippen molar-refractivity contribution in [2.24, 2.45) is 5.92 Å². The highest BCUT2D eigenvalue weighted by atomic mass is 16.5. The molecule has 2 heteroatoms. The maximum absolute atomic E-state index is 10.5. The van der Waals surface area contributed by atoms with E-state index in [1.807, 2.05) is 0 Å². The first-order valence-corrected chi connectivity index (χ1v) is 8.05. The molecule has 2 nitrogen and oxygen atoms in total. The topological polar surface area (TPSA) is 29.5 Å². The highest BCUT2D eigenvalue weighted by Gasteiger charge is 2.43. The van der Waals surface area contributed by atoms with Crippen molar-refractivity contribution in [3.05, 3.63) is 35.4 Å². The normalized spacial score (nSPS) is 26.2. The Hall–Kier alpha value is -0.860. The number of hydrogen-bond acceptors (Lipinski definition) is 2. The van der Waals surface area contributed by atoms with Gasteiger partial charge in [0, 0.05) is 6.61 Å². The number of aliphatic hydroxyl groups is 1. The monoisotopic (exact) mass is 274 g/mol. The molecule has 1 aliphatic heterocycles. The Bertz CT molecular complexity index is 450. The Kier molecular flexibility index (Phi) is 4.13. The zero-order valence-corrected chi connectivity index (χ0v) is 12.5. The second kappa shape index (κ2) is 5.87. The molecule has 1 aliphatic carbocycles. The summed E-state index contributed by atoms with van der Waals surface area (Å²) in [5.41, 5.74) is 2.85. The summed E-state index contributed by atoms with van der Waals surface area (Å²) in [5.74, 6) is 0.438. The smallest absolute Gasteiger partial charge is 0.0686 e. The fourth-order valence-electron chi connectivity index (χ4n) is 3.74. The molecule has 0 radical (unpaired) electrons.